The lowest BCUT2D eigenvalue weighted by Gasteiger charge is -2.08. The van der Waals surface area contributed by atoms with Gasteiger partial charge in [0.2, 0.25) is 0 Å². The first-order chi connectivity index (χ1) is 9.36. The molecule has 0 aliphatic carbocycles. The van der Waals surface area contributed by atoms with E-state index in [1.54, 1.807) is 18.9 Å². The number of hydrogen-bond acceptors (Lipinski definition) is 5. The van der Waals surface area contributed by atoms with Crippen LogP contribution in [-0.4, -0.2) is 52.9 Å². The van der Waals surface area contributed by atoms with Gasteiger partial charge in [0.05, 0.1) is 33.0 Å². The highest BCUT2D eigenvalue weighted by atomic mass is 32.2. The molecule has 0 aliphatic heterocycles. The molecule has 0 spiro atoms. The molecule has 0 aliphatic rings. The molecule has 5 heteroatoms. The molecule has 108 valence electrons. The van der Waals surface area contributed by atoms with Crippen molar-refractivity contribution in [3.63, 3.8) is 0 Å². The van der Waals surface area contributed by atoms with Gasteiger partial charge in [0.15, 0.2) is 0 Å². The summed E-state index contributed by atoms with van der Waals surface area (Å²) in [5.41, 5.74) is 1.13. The highest BCUT2D eigenvalue weighted by molar-refractivity contribution is 7.98. The summed E-state index contributed by atoms with van der Waals surface area (Å²) in [5, 5.41) is 3.33. The lowest BCUT2D eigenvalue weighted by Crippen LogP contribution is -2.13. The average molecular weight is 285 g/mol. The van der Waals surface area contributed by atoms with Crippen molar-refractivity contribution >= 4 is 17.4 Å². The predicted octanol–water partition coefficient (Wildman–Crippen LogP) is 2.50. The Morgan fingerprint density at radius 1 is 1.05 bits per heavy atom. The second kappa shape index (κ2) is 11.1. The Hall–Kier alpha value is -0.750. The summed E-state index contributed by atoms with van der Waals surface area (Å²) in [6.45, 7) is 3.97. The van der Waals surface area contributed by atoms with E-state index in [0.29, 0.717) is 33.0 Å². The maximum absolute atomic E-state index is 5.46. The Morgan fingerprint density at radius 3 is 2.53 bits per heavy atom. The summed E-state index contributed by atoms with van der Waals surface area (Å²) in [6, 6.07) is 8.36. The second-order valence-electron chi connectivity index (χ2n) is 3.88. The Bertz CT molecular complexity index is 336. The van der Waals surface area contributed by atoms with E-state index < -0.39 is 0 Å². The molecule has 4 nitrogen and oxygen atoms in total. The molecule has 1 rings (SSSR count). The van der Waals surface area contributed by atoms with E-state index >= 15 is 0 Å². The monoisotopic (exact) mass is 285 g/mol. The van der Waals surface area contributed by atoms with Crippen molar-refractivity contribution < 1.29 is 14.2 Å². The first-order valence-corrected chi connectivity index (χ1v) is 7.61. The van der Waals surface area contributed by atoms with Crippen LogP contribution in [0.2, 0.25) is 0 Å². The van der Waals surface area contributed by atoms with Crippen LogP contribution >= 0.6 is 11.8 Å². The molecule has 19 heavy (non-hydrogen) atoms. The third kappa shape index (κ3) is 8.10. The molecule has 0 bridgehead atoms. The number of anilines is 1. The summed E-state index contributed by atoms with van der Waals surface area (Å²) in [7, 11) is 1.66. The molecule has 0 atom stereocenters. The Balaban J connectivity index is 1.98. The Labute approximate surface area is 119 Å². The molecule has 1 N–H and O–H groups in total. The fourth-order valence-corrected chi connectivity index (χ4v) is 1.92. The fourth-order valence-electron chi connectivity index (χ4n) is 1.46. The van der Waals surface area contributed by atoms with Crippen LogP contribution in [0.4, 0.5) is 5.69 Å². The highest BCUT2D eigenvalue weighted by Gasteiger charge is 1.94. The topological polar surface area (TPSA) is 39.7 Å². The van der Waals surface area contributed by atoms with E-state index in [4.69, 9.17) is 14.2 Å². The third-order valence-corrected chi connectivity index (χ3v) is 3.17. The van der Waals surface area contributed by atoms with Crippen molar-refractivity contribution in [2.24, 2.45) is 0 Å². The van der Waals surface area contributed by atoms with Gasteiger partial charge in [-0.1, -0.05) is 6.07 Å². The standard InChI is InChI=1S/C14H23NO3S/c1-16-8-9-18-11-10-17-7-6-15-13-4-3-5-14(12-13)19-2/h3-5,12,15H,6-11H2,1-2H3. The molecule has 0 saturated carbocycles. The van der Waals surface area contributed by atoms with E-state index in [1.807, 2.05) is 0 Å². The van der Waals surface area contributed by atoms with Gasteiger partial charge in [-0.25, -0.2) is 0 Å². The van der Waals surface area contributed by atoms with Crippen LogP contribution < -0.4 is 5.32 Å². The molecule has 0 unspecified atom stereocenters. The lowest BCUT2D eigenvalue weighted by molar-refractivity contribution is 0.0272. The largest absolute Gasteiger partial charge is 0.383 e. The third-order valence-electron chi connectivity index (χ3n) is 2.45. The number of hydrogen-bond donors (Lipinski definition) is 1. The molecule has 1 aromatic rings. The van der Waals surface area contributed by atoms with Gasteiger partial charge in [-0.05, 0) is 24.5 Å². The van der Waals surface area contributed by atoms with Crippen molar-refractivity contribution in [3.05, 3.63) is 24.3 Å². The number of benzene rings is 1. The van der Waals surface area contributed by atoms with Gasteiger partial charge in [0, 0.05) is 24.2 Å². The summed E-state index contributed by atoms with van der Waals surface area (Å²) < 4.78 is 15.6. The van der Waals surface area contributed by atoms with Crippen molar-refractivity contribution in [2.75, 3.05) is 58.3 Å². The van der Waals surface area contributed by atoms with Gasteiger partial charge in [-0.2, -0.15) is 0 Å². The quantitative estimate of drug-likeness (QED) is 0.499. The van der Waals surface area contributed by atoms with Crippen molar-refractivity contribution in [2.45, 2.75) is 4.90 Å². The molecule has 0 fully saturated rings. The lowest BCUT2D eigenvalue weighted by atomic mass is 10.3. The molecule has 0 saturated heterocycles. The Morgan fingerprint density at radius 2 is 1.79 bits per heavy atom. The number of ether oxygens (including phenoxy) is 3. The molecule has 1 aromatic carbocycles. The van der Waals surface area contributed by atoms with Crippen LogP contribution in [0.25, 0.3) is 0 Å². The van der Waals surface area contributed by atoms with Gasteiger partial charge in [0.1, 0.15) is 0 Å². The minimum Gasteiger partial charge on any atom is -0.383 e. The first kappa shape index (κ1) is 16.3. The van der Waals surface area contributed by atoms with Crippen molar-refractivity contribution in [3.8, 4) is 0 Å². The molecular weight excluding hydrogens is 262 g/mol. The SMILES string of the molecule is COCCOCCOCCNc1cccc(SC)c1. The fraction of sp³-hybridized carbons (Fsp3) is 0.571. The molecule has 0 heterocycles. The number of thioether (sulfide) groups is 1. The first-order valence-electron chi connectivity index (χ1n) is 6.39. The van der Waals surface area contributed by atoms with Crippen molar-refractivity contribution in [1.29, 1.82) is 0 Å². The predicted molar refractivity (Wildman–Crippen MR) is 80.2 cm³/mol. The maximum Gasteiger partial charge on any atom is 0.0701 e. The summed E-state index contributed by atoms with van der Waals surface area (Å²) >= 11 is 1.74. The number of nitrogens with one attached hydrogen (secondary N) is 1. The summed E-state index contributed by atoms with van der Waals surface area (Å²) in [5.74, 6) is 0. The molecule has 0 aromatic heterocycles. The van der Waals surface area contributed by atoms with E-state index in [-0.39, 0.29) is 0 Å². The minimum atomic E-state index is 0.616. The molecule has 0 amide bonds. The minimum absolute atomic E-state index is 0.616. The van der Waals surface area contributed by atoms with E-state index in [9.17, 15) is 0 Å². The zero-order chi connectivity index (χ0) is 13.8. The average Bonchev–Trinajstić information content (AvgIpc) is 2.46. The molecule has 0 radical (unpaired) electrons. The van der Waals surface area contributed by atoms with Gasteiger partial charge < -0.3 is 19.5 Å². The van der Waals surface area contributed by atoms with Gasteiger partial charge in [-0.3, -0.25) is 0 Å². The zero-order valence-corrected chi connectivity index (χ0v) is 12.5. The second-order valence-corrected chi connectivity index (χ2v) is 4.76. The summed E-state index contributed by atoms with van der Waals surface area (Å²) in [6.07, 6.45) is 2.08. The Kier molecular flexibility index (Phi) is 9.53. The number of rotatable bonds is 11. The van der Waals surface area contributed by atoms with Crippen LogP contribution in [-0.2, 0) is 14.2 Å². The van der Waals surface area contributed by atoms with Gasteiger partial charge in [-0.15, -0.1) is 11.8 Å². The maximum atomic E-state index is 5.46. The van der Waals surface area contributed by atoms with Crippen molar-refractivity contribution in [1.82, 2.24) is 0 Å². The van der Waals surface area contributed by atoms with Crippen LogP contribution in [0.5, 0.6) is 0 Å². The van der Waals surface area contributed by atoms with Crippen LogP contribution in [0.15, 0.2) is 29.2 Å². The highest BCUT2D eigenvalue weighted by Crippen LogP contribution is 2.18. The zero-order valence-electron chi connectivity index (χ0n) is 11.7. The van der Waals surface area contributed by atoms with Crippen LogP contribution in [0, 0.1) is 0 Å². The van der Waals surface area contributed by atoms with E-state index in [0.717, 1.165) is 12.2 Å². The van der Waals surface area contributed by atoms with Gasteiger partial charge >= 0.3 is 0 Å². The van der Waals surface area contributed by atoms with Crippen LogP contribution in [0.3, 0.4) is 0 Å². The van der Waals surface area contributed by atoms with Crippen LogP contribution in [0.1, 0.15) is 0 Å². The number of methoxy groups -OCH3 is 1. The normalized spacial score (nSPS) is 10.6. The van der Waals surface area contributed by atoms with Gasteiger partial charge in [0.25, 0.3) is 0 Å². The smallest absolute Gasteiger partial charge is 0.0701 e. The summed E-state index contributed by atoms with van der Waals surface area (Å²) in [4.78, 5) is 1.26. The van der Waals surface area contributed by atoms with E-state index in [1.165, 1.54) is 4.90 Å². The molecular formula is C14H23NO3S. The van der Waals surface area contributed by atoms with E-state index in [2.05, 4.69) is 35.8 Å².